The van der Waals surface area contributed by atoms with Crippen LogP contribution in [-0.2, 0) is 9.59 Å². The van der Waals surface area contributed by atoms with Crippen LogP contribution in [0.2, 0.25) is 5.02 Å². The molecule has 8 heteroatoms. The fourth-order valence-electron chi connectivity index (χ4n) is 3.46. The van der Waals surface area contributed by atoms with Crippen molar-refractivity contribution >= 4 is 50.7 Å². The zero-order valence-corrected chi connectivity index (χ0v) is 20.3. The van der Waals surface area contributed by atoms with Crippen LogP contribution in [0, 0.1) is 0 Å². The third-order valence-corrected chi connectivity index (χ3v) is 6.05. The number of hydrogen-bond acceptors (Lipinski definition) is 4. The first-order valence-electron chi connectivity index (χ1n) is 10.3. The summed E-state index contributed by atoms with van der Waals surface area (Å²) in [4.78, 5) is 29.0. The molecule has 0 atom stereocenters. The largest absolute Gasteiger partial charge is 0.478 e. The summed E-state index contributed by atoms with van der Waals surface area (Å²) in [6.45, 7) is 7.88. The molecule has 1 aliphatic heterocycles. The summed E-state index contributed by atoms with van der Waals surface area (Å²) in [5, 5.41) is 3.54. The number of carbonyl (C=O) groups is 2. The number of benzene rings is 2. The number of halogens is 2. The number of anilines is 2. The Hall–Kier alpha value is -2.25. The van der Waals surface area contributed by atoms with Crippen molar-refractivity contribution in [3.63, 3.8) is 0 Å². The molecular formula is C23H27BrClN3O3. The van der Waals surface area contributed by atoms with Gasteiger partial charge in [0, 0.05) is 37.1 Å². The molecule has 31 heavy (non-hydrogen) atoms. The second-order valence-corrected chi connectivity index (χ2v) is 9.20. The smallest absolute Gasteiger partial charge is 0.268 e. The first-order chi connectivity index (χ1) is 14.7. The number of nitrogens with zero attached hydrogens (tertiary/aromatic N) is 2. The maximum Gasteiger partial charge on any atom is 0.268 e. The van der Waals surface area contributed by atoms with Crippen LogP contribution < -0.4 is 15.0 Å². The van der Waals surface area contributed by atoms with Gasteiger partial charge in [-0.25, -0.2) is 0 Å². The van der Waals surface area contributed by atoms with Crippen LogP contribution >= 0.6 is 27.5 Å². The summed E-state index contributed by atoms with van der Waals surface area (Å²) in [6.07, 6.45) is 0.501. The molecule has 0 radical (unpaired) electrons. The molecule has 0 saturated carbocycles. The molecule has 166 valence electrons. The van der Waals surface area contributed by atoms with Gasteiger partial charge in [-0.05, 0) is 50.2 Å². The van der Waals surface area contributed by atoms with E-state index < -0.39 is 5.60 Å². The van der Waals surface area contributed by atoms with Crippen LogP contribution in [0.15, 0.2) is 46.9 Å². The molecule has 2 aromatic rings. The molecule has 0 aromatic heterocycles. The fraction of sp³-hybridized carbons (Fsp3) is 0.391. The van der Waals surface area contributed by atoms with Gasteiger partial charge in [0.2, 0.25) is 5.91 Å². The SMILES string of the molecule is CCC(=O)N1CCN(c2c(Cl)cccc2NC(=O)C(C)(C)Oc2ccc(Br)cc2)CC1. The quantitative estimate of drug-likeness (QED) is 0.599. The molecule has 2 amide bonds. The number of para-hydroxylation sites is 1. The number of piperazine rings is 1. The molecule has 2 aromatic carbocycles. The second kappa shape index (κ2) is 9.92. The summed E-state index contributed by atoms with van der Waals surface area (Å²) >= 11 is 9.91. The van der Waals surface area contributed by atoms with E-state index in [9.17, 15) is 9.59 Å². The van der Waals surface area contributed by atoms with E-state index in [1.807, 2.05) is 30.0 Å². The fourth-order valence-corrected chi connectivity index (χ4v) is 4.02. The zero-order chi connectivity index (χ0) is 22.6. The lowest BCUT2D eigenvalue weighted by Crippen LogP contribution is -2.49. The van der Waals surface area contributed by atoms with Gasteiger partial charge in [-0.3, -0.25) is 9.59 Å². The van der Waals surface area contributed by atoms with E-state index in [2.05, 4.69) is 26.1 Å². The summed E-state index contributed by atoms with van der Waals surface area (Å²) in [5.41, 5.74) is 0.292. The van der Waals surface area contributed by atoms with Crippen molar-refractivity contribution in [3.8, 4) is 5.75 Å². The Labute approximate surface area is 196 Å². The van der Waals surface area contributed by atoms with E-state index in [0.717, 1.165) is 10.2 Å². The van der Waals surface area contributed by atoms with Crippen molar-refractivity contribution in [3.05, 3.63) is 52.0 Å². The van der Waals surface area contributed by atoms with E-state index in [4.69, 9.17) is 16.3 Å². The van der Waals surface area contributed by atoms with Crippen molar-refractivity contribution in [2.75, 3.05) is 36.4 Å². The summed E-state index contributed by atoms with van der Waals surface area (Å²) < 4.78 is 6.87. The Morgan fingerprint density at radius 2 is 1.74 bits per heavy atom. The molecule has 1 saturated heterocycles. The van der Waals surface area contributed by atoms with Gasteiger partial charge in [-0.15, -0.1) is 0 Å². The van der Waals surface area contributed by atoms with Gasteiger partial charge < -0.3 is 19.9 Å². The Balaban J connectivity index is 1.74. The van der Waals surface area contributed by atoms with Crippen LogP contribution in [0.1, 0.15) is 27.2 Å². The van der Waals surface area contributed by atoms with E-state index in [-0.39, 0.29) is 11.8 Å². The minimum absolute atomic E-state index is 0.152. The summed E-state index contributed by atoms with van der Waals surface area (Å²) in [7, 11) is 0. The molecular weight excluding hydrogens is 482 g/mol. The molecule has 1 aliphatic rings. The van der Waals surface area contributed by atoms with Crippen molar-refractivity contribution in [2.24, 2.45) is 0 Å². The predicted octanol–water partition coefficient (Wildman–Crippen LogP) is 4.96. The van der Waals surface area contributed by atoms with E-state index in [1.165, 1.54) is 0 Å². The van der Waals surface area contributed by atoms with Gasteiger partial charge in [0.1, 0.15) is 5.75 Å². The van der Waals surface area contributed by atoms with Crippen molar-refractivity contribution < 1.29 is 14.3 Å². The number of nitrogens with one attached hydrogen (secondary N) is 1. The lowest BCUT2D eigenvalue weighted by Gasteiger charge is -2.37. The molecule has 6 nitrogen and oxygen atoms in total. The topological polar surface area (TPSA) is 61.9 Å². The standard InChI is InChI=1S/C23H27BrClN3O3/c1-4-20(29)27-12-14-28(15-13-27)21-18(25)6-5-7-19(21)26-22(30)23(2,3)31-17-10-8-16(24)9-11-17/h5-11H,4,12-15H2,1-3H3,(H,26,30). The minimum atomic E-state index is -1.10. The molecule has 1 heterocycles. The third-order valence-electron chi connectivity index (χ3n) is 5.22. The van der Waals surface area contributed by atoms with Crippen LogP contribution in [0.5, 0.6) is 5.75 Å². The Morgan fingerprint density at radius 3 is 2.35 bits per heavy atom. The van der Waals surface area contributed by atoms with E-state index >= 15 is 0 Å². The normalized spacial score (nSPS) is 14.4. The Kier molecular flexibility index (Phi) is 7.49. The van der Waals surface area contributed by atoms with Crippen LogP contribution in [0.25, 0.3) is 0 Å². The average molecular weight is 509 g/mol. The summed E-state index contributed by atoms with van der Waals surface area (Å²) in [5.74, 6) is 0.476. The van der Waals surface area contributed by atoms with Crippen LogP contribution in [0.3, 0.4) is 0 Å². The van der Waals surface area contributed by atoms with Crippen molar-refractivity contribution in [2.45, 2.75) is 32.8 Å². The lowest BCUT2D eigenvalue weighted by atomic mass is 10.1. The Morgan fingerprint density at radius 1 is 1.10 bits per heavy atom. The van der Waals surface area contributed by atoms with Crippen molar-refractivity contribution in [1.82, 2.24) is 4.90 Å². The highest BCUT2D eigenvalue weighted by atomic mass is 79.9. The van der Waals surface area contributed by atoms with Crippen molar-refractivity contribution in [1.29, 1.82) is 0 Å². The van der Waals surface area contributed by atoms with Gasteiger partial charge >= 0.3 is 0 Å². The zero-order valence-electron chi connectivity index (χ0n) is 18.0. The van der Waals surface area contributed by atoms with Gasteiger partial charge in [-0.2, -0.15) is 0 Å². The second-order valence-electron chi connectivity index (χ2n) is 7.88. The number of rotatable bonds is 6. The first-order valence-corrected chi connectivity index (χ1v) is 11.5. The number of hydrogen-bond donors (Lipinski definition) is 1. The van der Waals surface area contributed by atoms with Gasteiger partial charge in [0.25, 0.3) is 5.91 Å². The number of carbonyl (C=O) groups excluding carboxylic acids is 2. The maximum atomic E-state index is 13.1. The van der Waals surface area contributed by atoms with E-state index in [0.29, 0.717) is 49.1 Å². The average Bonchev–Trinajstić information content (AvgIpc) is 2.75. The van der Waals surface area contributed by atoms with E-state index in [1.54, 1.807) is 38.1 Å². The predicted molar refractivity (Wildman–Crippen MR) is 128 cm³/mol. The highest BCUT2D eigenvalue weighted by molar-refractivity contribution is 9.10. The summed E-state index contributed by atoms with van der Waals surface area (Å²) in [6, 6.07) is 12.8. The molecule has 0 spiro atoms. The maximum absolute atomic E-state index is 13.1. The Bertz CT molecular complexity index is 942. The van der Waals surface area contributed by atoms with Gasteiger partial charge in [-0.1, -0.05) is 40.5 Å². The molecule has 0 unspecified atom stereocenters. The molecule has 3 rings (SSSR count). The molecule has 0 aliphatic carbocycles. The van der Waals surface area contributed by atoms with Gasteiger partial charge in [0.15, 0.2) is 5.60 Å². The highest BCUT2D eigenvalue weighted by Crippen LogP contribution is 2.35. The molecule has 0 bridgehead atoms. The molecule has 1 fully saturated rings. The number of amides is 2. The number of ether oxygens (including phenoxy) is 1. The minimum Gasteiger partial charge on any atom is -0.478 e. The highest BCUT2D eigenvalue weighted by Gasteiger charge is 2.32. The molecule has 1 N–H and O–H groups in total. The monoisotopic (exact) mass is 507 g/mol. The van der Waals surface area contributed by atoms with Crippen LogP contribution in [-0.4, -0.2) is 48.5 Å². The van der Waals surface area contributed by atoms with Crippen LogP contribution in [0.4, 0.5) is 11.4 Å². The lowest BCUT2D eigenvalue weighted by molar-refractivity contribution is -0.131. The third kappa shape index (κ3) is 5.71. The van der Waals surface area contributed by atoms with Gasteiger partial charge in [0.05, 0.1) is 16.4 Å². The first kappa shape index (κ1) is 23.4.